The van der Waals surface area contributed by atoms with Crippen LogP contribution in [0, 0.1) is 17.8 Å². The molecule has 4 atom stereocenters. The van der Waals surface area contributed by atoms with Gasteiger partial charge in [-0.3, -0.25) is 24.1 Å². The number of fused-ring (bicyclic) bond motifs is 3. The van der Waals surface area contributed by atoms with Crippen molar-refractivity contribution in [3.05, 3.63) is 94.6 Å². The fraction of sp³-hybridized carbons (Fsp3) is 0.250. The lowest BCUT2D eigenvalue weighted by atomic mass is 9.59. The highest BCUT2D eigenvalue weighted by molar-refractivity contribution is 6.25. The minimum absolute atomic E-state index is 0.0864. The van der Waals surface area contributed by atoms with Gasteiger partial charge < -0.3 is 9.84 Å². The van der Waals surface area contributed by atoms with Crippen molar-refractivity contribution in [3.8, 4) is 11.5 Å². The lowest BCUT2D eigenvalue weighted by Gasteiger charge is -2.42. The molecule has 4 unspecified atom stereocenters. The summed E-state index contributed by atoms with van der Waals surface area (Å²) in [5.74, 6) is -3.09. The summed E-state index contributed by atoms with van der Waals surface area (Å²) >= 11 is 0. The molecule has 3 aliphatic carbocycles. The van der Waals surface area contributed by atoms with Gasteiger partial charge >= 0.3 is 0 Å². The van der Waals surface area contributed by atoms with Crippen LogP contribution in [0.25, 0.3) is 6.08 Å². The van der Waals surface area contributed by atoms with Crippen molar-refractivity contribution in [2.45, 2.75) is 25.7 Å². The van der Waals surface area contributed by atoms with Crippen molar-refractivity contribution in [2.24, 2.45) is 17.8 Å². The zero-order valence-electron chi connectivity index (χ0n) is 21.6. The molecule has 4 aliphatic rings. The van der Waals surface area contributed by atoms with Gasteiger partial charge in [0.15, 0.2) is 23.1 Å². The maximum Gasteiger partial charge on any atom is 0.238 e. The number of anilines is 1. The number of methoxy groups -OCH3 is 1. The molecule has 1 N–H and O–H groups in total. The third kappa shape index (κ3) is 3.64. The zero-order chi connectivity index (χ0) is 27.6. The number of phenols is 1. The van der Waals surface area contributed by atoms with Crippen molar-refractivity contribution in [1.29, 1.82) is 0 Å². The van der Waals surface area contributed by atoms with E-state index in [1.54, 1.807) is 55.5 Å². The zero-order valence-corrected chi connectivity index (χ0v) is 21.6. The molecule has 1 heterocycles. The number of benzene rings is 2. The van der Waals surface area contributed by atoms with Gasteiger partial charge in [-0.25, -0.2) is 0 Å². The molecule has 6 rings (SSSR count). The van der Waals surface area contributed by atoms with Crippen LogP contribution in [-0.2, 0) is 19.2 Å². The molecule has 7 heteroatoms. The number of rotatable bonds is 4. The minimum Gasteiger partial charge on any atom is -0.504 e. The number of carbonyl (C=O) groups excluding carboxylic acids is 4. The fourth-order valence-corrected chi connectivity index (χ4v) is 6.64. The van der Waals surface area contributed by atoms with Crippen LogP contribution in [0.4, 0.5) is 5.69 Å². The Morgan fingerprint density at radius 1 is 1.03 bits per heavy atom. The predicted octanol–water partition coefficient (Wildman–Crippen LogP) is 4.68. The van der Waals surface area contributed by atoms with E-state index in [9.17, 15) is 24.3 Å². The molecule has 0 radical (unpaired) electrons. The van der Waals surface area contributed by atoms with E-state index in [1.807, 2.05) is 6.08 Å². The number of phenolic OH excluding ortho intramolecular Hbond substituents is 1. The first-order valence-corrected chi connectivity index (χ1v) is 12.9. The first kappa shape index (κ1) is 24.8. The van der Waals surface area contributed by atoms with Gasteiger partial charge in [-0.2, -0.15) is 0 Å². The van der Waals surface area contributed by atoms with Crippen LogP contribution in [0.5, 0.6) is 11.5 Å². The summed E-state index contributed by atoms with van der Waals surface area (Å²) in [6.07, 6.45) is 5.56. The molecule has 0 bridgehead atoms. The van der Waals surface area contributed by atoms with Crippen LogP contribution in [0.3, 0.4) is 0 Å². The van der Waals surface area contributed by atoms with Gasteiger partial charge in [0.1, 0.15) is 0 Å². The Morgan fingerprint density at radius 3 is 2.44 bits per heavy atom. The summed E-state index contributed by atoms with van der Waals surface area (Å²) < 4.78 is 5.21. The second-order valence-corrected chi connectivity index (χ2v) is 10.5. The summed E-state index contributed by atoms with van der Waals surface area (Å²) in [6, 6.07) is 12.0. The number of hydrogen-bond donors (Lipinski definition) is 1. The van der Waals surface area contributed by atoms with Gasteiger partial charge in [0, 0.05) is 22.6 Å². The van der Waals surface area contributed by atoms with Gasteiger partial charge in [0.2, 0.25) is 11.8 Å². The minimum atomic E-state index is -0.658. The summed E-state index contributed by atoms with van der Waals surface area (Å²) in [6.45, 7) is 5.38. The number of Topliss-reactive ketones (excluding diaryl/α,β-unsaturated/α-hetero) is 1. The van der Waals surface area contributed by atoms with E-state index in [1.165, 1.54) is 18.1 Å². The maximum atomic E-state index is 13.9. The number of imide groups is 1. The van der Waals surface area contributed by atoms with E-state index < -0.39 is 23.7 Å². The van der Waals surface area contributed by atoms with Crippen LogP contribution in [-0.4, -0.2) is 35.6 Å². The van der Waals surface area contributed by atoms with E-state index in [2.05, 4.69) is 6.58 Å². The SMILES string of the molecule is C=Cc1ccc(N2C(=O)C3CC=C4C(c5ccc(OC)c(O)c5)C5=C(CC4C3C2=O)C(=O)C=C(C)C5=O)cc1. The number of ketones is 2. The van der Waals surface area contributed by atoms with E-state index in [0.29, 0.717) is 34.4 Å². The second kappa shape index (κ2) is 9.05. The molecule has 1 saturated heterocycles. The number of amides is 2. The summed E-state index contributed by atoms with van der Waals surface area (Å²) in [5.41, 5.74) is 3.96. The van der Waals surface area contributed by atoms with Crippen molar-refractivity contribution in [2.75, 3.05) is 12.0 Å². The van der Waals surface area contributed by atoms with Crippen LogP contribution in [0.2, 0.25) is 0 Å². The van der Waals surface area contributed by atoms with Crippen molar-refractivity contribution < 1.29 is 29.0 Å². The lowest BCUT2D eigenvalue weighted by Crippen LogP contribution is -2.39. The van der Waals surface area contributed by atoms with Crippen molar-refractivity contribution >= 4 is 35.1 Å². The molecule has 7 nitrogen and oxygen atoms in total. The molecule has 1 fully saturated rings. The van der Waals surface area contributed by atoms with Crippen LogP contribution >= 0.6 is 0 Å². The molecular weight excluding hydrogens is 494 g/mol. The monoisotopic (exact) mass is 521 g/mol. The molecule has 196 valence electrons. The molecule has 2 aromatic rings. The lowest BCUT2D eigenvalue weighted by molar-refractivity contribution is -0.123. The smallest absolute Gasteiger partial charge is 0.238 e. The third-order valence-corrected chi connectivity index (χ3v) is 8.49. The van der Waals surface area contributed by atoms with Crippen molar-refractivity contribution in [3.63, 3.8) is 0 Å². The van der Waals surface area contributed by atoms with Gasteiger partial charge in [-0.1, -0.05) is 42.5 Å². The Morgan fingerprint density at radius 2 is 1.77 bits per heavy atom. The Hall–Kier alpha value is -4.52. The highest BCUT2D eigenvalue weighted by Gasteiger charge is 2.56. The predicted molar refractivity (Wildman–Crippen MR) is 145 cm³/mol. The highest BCUT2D eigenvalue weighted by atomic mass is 16.5. The van der Waals surface area contributed by atoms with Gasteiger partial charge in [0.25, 0.3) is 0 Å². The number of carbonyl (C=O) groups is 4. The average molecular weight is 522 g/mol. The fourth-order valence-electron chi connectivity index (χ4n) is 6.64. The molecule has 39 heavy (non-hydrogen) atoms. The number of allylic oxidation sites excluding steroid dienone is 6. The van der Waals surface area contributed by atoms with Crippen LogP contribution in [0.1, 0.15) is 36.8 Å². The quantitative estimate of drug-likeness (QED) is 0.356. The first-order chi connectivity index (χ1) is 18.7. The third-order valence-electron chi connectivity index (χ3n) is 8.49. The first-order valence-electron chi connectivity index (χ1n) is 12.9. The van der Waals surface area contributed by atoms with Crippen molar-refractivity contribution in [1.82, 2.24) is 0 Å². The van der Waals surface area contributed by atoms with Crippen LogP contribution < -0.4 is 9.64 Å². The Kier molecular flexibility index (Phi) is 5.75. The van der Waals surface area contributed by atoms with E-state index in [-0.39, 0.29) is 41.3 Å². The maximum absolute atomic E-state index is 13.9. The average Bonchev–Trinajstić information content (AvgIpc) is 3.20. The molecule has 2 amide bonds. The van der Waals surface area contributed by atoms with Gasteiger partial charge in [-0.15, -0.1) is 0 Å². The molecule has 1 aliphatic heterocycles. The normalized spacial score (nSPS) is 26.1. The van der Waals surface area contributed by atoms with E-state index in [4.69, 9.17) is 4.74 Å². The molecule has 2 aromatic carbocycles. The summed E-state index contributed by atoms with van der Waals surface area (Å²) in [7, 11) is 1.45. The van der Waals surface area contributed by atoms with E-state index in [0.717, 1.165) is 11.1 Å². The Labute approximate surface area is 225 Å². The Balaban J connectivity index is 1.47. The highest BCUT2D eigenvalue weighted by Crippen LogP contribution is 2.55. The number of nitrogens with zero attached hydrogens (tertiary/aromatic N) is 1. The van der Waals surface area contributed by atoms with Gasteiger partial charge in [0.05, 0.1) is 24.6 Å². The molecule has 0 spiro atoms. The summed E-state index contributed by atoms with van der Waals surface area (Å²) in [5, 5.41) is 10.6. The number of aromatic hydroxyl groups is 1. The molecule has 0 aromatic heterocycles. The summed E-state index contributed by atoms with van der Waals surface area (Å²) in [4.78, 5) is 55.5. The molecular formula is C32H27NO6. The largest absolute Gasteiger partial charge is 0.504 e. The van der Waals surface area contributed by atoms with Gasteiger partial charge in [-0.05, 0) is 67.2 Å². The molecule has 0 saturated carbocycles. The van der Waals surface area contributed by atoms with Crippen LogP contribution in [0.15, 0.2) is 83.5 Å². The van der Waals surface area contributed by atoms with E-state index >= 15 is 0 Å². The second-order valence-electron chi connectivity index (χ2n) is 10.5. The number of hydrogen-bond acceptors (Lipinski definition) is 6. The topological polar surface area (TPSA) is 101 Å². The number of ether oxygens (including phenoxy) is 1. The standard InChI is InChI=1S/C32H27NO6/c1-4-17-5-8-19(9-6-17)33-31(37)21-11-10-20-22(28(21)32(33)38)15-23-24(34)13-16(2)30(36)29(23)27(20)18-7-12-26(39-3)25(35)14-18/h4-10,12-14,21-22,27-28,35H,1,11,15H2,2-3H3. The Bertz CT molecular complexity index is 1570.